The maximum Gasteiger partial charge on any atom is 0.336 e. The minimum atomic E-state index is -0.321. The zero-order chi connectivity index (χ0) is 19.9. The van der Waals surface area contributed by atoms with E-state index in [9.17, 15) is 20.0 Å². The van der Waals surface area contributed by atoms with E-state index in [1.54, 1.807) is 35.0 Å². The molecule has 1 amide bonds. The fourth-order valence-corrected chi connectivity index (χ4v) is 4.91. The molecule has 3 aliphatic rings. The van der Waals surface area contributed by atoms with Crippen LogP contribution in [0.1, 0.15) is 42.6 Å². The quantitative estimate of drug-likeness (QED) is 0.724. The maximum atomic E-state index is 13.3. The Hall–Kier alpha value is -3.60. The number of carbonyl (C=O) groups is 1. The Morgan fingerprint density at radius 1 is 1.28 bits per heavy atom. The third-order valence-corrected chi connectivity index (χ3v) is 6.38. The van der Waals surface area contributed by atoms with Gasteiger partial charge in [0.15, 0.2) is 0 Å². The van der Waals surface area contributed by atoms with E-state index in [2.05, 4.69) is 11.1 Å². The molecule has 2 atom stereocenters. The molecule has 8 nitrogen and oxygen atoms in total. The summed E-state index contributed by atoms with van der Waals surface area (Å²) in [5, 5.41) is 21.0. The van der Waals surface area contributed by atoms with Gasteiger partial charge in [-0.1, -0.05) is 0 Å². The topological polar surface area (TPSA) is 104 Å². The lowest BCUT2D eigenvalue weighted by Crippen LogP contribution is -2.38. The molecule has 2 bridgehead atoms. The molecule has 2 aliphatic heterocycles. The largest absolute Gasteiger partial charge is 0.493 e. The molecule has 0 spiro atoms. The summed E-state index contributed by atoms with van der Waals surface area (Å²) < 4.78 is 2.92. The predicted molar refractivity (Wildman–Crippen MR) is 103 cm³/mol. The molecule has 1 N–H and O–H groups in total. The molecule has 29 heavy (non-hydrogen) atoms. The van der Waals surface area contributed by atoms with Gasteiger partial charge in [0.2, 0.25) is 11.8 Å². The standard InChI is InChI=1S/C21H17N5O3/c22-9-12-5-6-15(14-2-1-7-23-17(12)14)26-20(28)18-16-8-13(25(18)21(26)29)10-24(16)19(27)11-3-4-11/h1-2,5-7,11,13,16,28H,3-4,8,10H2/t13-,16-/m0/s1. The summed E-state index contributed by atoms with van der Waals surface area (Å²) in [4.78, 5) is 32.0. The molecule has 1 saturated heterocycles. The van der Waals surface area contributed by atoms with Crippen molar-refractivity contribution < 1.29 is 9.90 Å². The lowest BCUT2D eigenvalue weighted by Gasteiger charge is -2.27. The lowest BCUT2D eigenvalue weighted by atomic mass is 10.1. The number of fused-ring (bicyclic) bond motifs is 6. The van der Waals surface area contributed by atoms with Crippen molar-refractivity contribution in [3.05, 3.63) is 52.2 Å². The fourth-order valence-electron chi connectivity index (χ4n) is 4.91. The number of carbonyl (C=O) groups excluding carboxylic acids is 1. The highest BCUT2D eigenvalue weighted by atomic mass is 16.3. The minimum Gasteiger partial charge on any atom is -0.493 e. The Balaban J connectivity index is 1.54. The smallest absolute Gasteiger partial charge is 0.336 e. The van der Waals surface area contributed by atoms with Crippen molar-refractivity contribution in [3.8, 4) is 17.6 Å². The molecule has 8 heteroatoms. The summed E-state index contributed by atoms with van der Waals surface area (Å²) in [7, 11) is 0. The van der Waals surface area contributed by atoms with Crippen molar-refractivity contribution in [1.29, 1.82) is 5.26 Å². The zero-order valence-corrected chi connectivity index (χ0v) is 15.4. The van der Waals surface area contributed by atoms with Crippen molar-refractivity contribution in [2.24, 2.45) is 5.92 Å². The minimum absolute atomic E-state index is 0.104. The van der Waals surface area contributed by atoms with Gasteiger partial charge in [-0.15, -0.1) is 0 Å². The molecule has 6 rings (SSSR count). The summed E-state index contributed by atoms with van der Waals surface area (Å²) >= 11 is 0. The van der Waals surface area contributed by atoms with Crippen LogP contribution >= 0.6 is 0 Å². The van der Waals surface area contributed by atoms with Crippen molar-refractivity contribution >= 4 is 16.8 Å². The number of amides is 1. The average molecular weight is 387 g/mol. The number of aromatic hydroxyl groups is 1. The lowest BCUT2D eigenvalue weighted by molar-refractivity contribution is -0.134. The van der Waals surface area contributed by atoms with Crippen LogP contribution in [-0.2, 0) is 4.79 Å². The van der Waals surface area contributed by atoms with E-state index in [0.717, 1.165) is 12.8 Å². The van der Waals surface area contributed by atoms with Crippen molar-refractivity contribution in [3.63, 3.8) is 0 Å². The second-order valence-corrected chi connectivity index (χ2v) is 8.01. The molecule has 0 radical (unpaired) electrons. The highest BCUT2D eigenvalue weighted by Gasteiger charge is 2.51. The molecule has 1 aliphatic carbocycles. The van der Waals surface area contributed by atoms with E-state index in [1.165, 1.54) is 4.57 Å². The highest BCUT2D eigenvalue weighted by molar-refractivity contribution is 5.91. The molecule has 4 heterocycles. The third-order valence-electron chi connectivity index (χ3n) is 6.38. The van der Waals surface area contributed by atoms with Crippen molar-refractivity contribution in [1.82, 2.24) is 19.0 Å². The molecular weight excluding hydrogens is 370 g/mol. The first-order valence-electron chi connectivity index (χ1n) is 9.75. The van der Waals surface area contributed by atoms with Gasteiger partial charge in [-0.25, -0.2) is 9.36 Å². The van der Waals surface area contributed by atoms with Gasteiger partial charge in [-0.05, 0) is 43.5 Å². The first-order chi connectivity index (χ1) is 14.1. The van der Waals surface area contributed by atoms with Crippen LogP contribution in [0.3, 0.4) is 0 Å². The SMILES string of the molecule is N#Cc1ccc(-n2c(O)c3n(c2=O)[C@H]2C[C@@H]3N(C(=O)C3CC3)C2)c2cccnc12. The molecule has 1 aromatic carbocycles. The van der Waals surface area contributed by atoms with Crippen LogP contribution in [0.2, 0.25) is 0 Å². The molecule has 2 fully saturated rings. The summed E-state index contributed by atoms with van der Waals surface area (Å²) in [6, 6.07) is 8.53. The van der Waals surface area contributed by atoms with Crippen LogP contribution in [0.4, 0.5) is 0 Å². The number of hydrogen-bond acceptors (Lipinski definition) is 5. The fraction of sp³-hybridized carbons (Fsp3) is 0.333. The van der Waals surface area contributed by atoms with E-state index in [-0.39, 0.29) is 35.5 Å². The Bertz CT molecular complexity index is 1310. The molecule has 144 valence electrons. The first kappa shape index (κ1) is 16.4. The Labute approximate surface area is 165 Å². The number of nitrogens with zero attached hydrogens (tertiary/aromatic N) is 5. The first-order valence-corrected chi connectivity index (χ1v) is 9.75. The predicted octanol–water partition coefficient (Wildman–Crippen LogP) is 2.00. The Kier molecular flexibility index (Phi) is 3.09. The summed E-state index contributed by atoms with van der Waals surface area (Å²) in [5.41, 5.74) is 1.57. The van der Waals surface area contributed by atoms with Crippen LogP contribution in [0, 0.1) is 17.2 Å². The van der Waals surface area contributed by atoms with Crippen LogP contribution < -0.4 is 5.69 Å². The highest BCUT2D eigenvalue weighted by Crippen LogP contribution is 2.50. The van der Waals surface area contributed by atoms with E-state index in [0.29, 0.717) is 40.8 Å². The zero-order valence-electron chi connectivity index (χ0n) is 15.4. The van der Waals surface area contributed by atoms with Crippen LogP contribution in [0.25, 0.3) is 16.6 Å². The molecule has 2 aromatic heterocycles. The molecule has 3 aromatic rings. The van der Waals surface area contributed by atoms with Gasteiger partial charge < -0.3 is 10.0 Å². The van der Waals surface area contributed by atoms with E-state index >= 15 is 0 Å². The van der Waals surface area contributed by atoms with Gasteiger partial charge in [0.1, 0.15) is 11.8 Å². The van der Waals surface area contributed by atoms with Crippen molar-refractivity contribution in [2.75, 3.05) is 6.54 Å². The summed E-state index contributed by atoms with van der Waals surface area (Å²) in [5.74, 6) is 0.106. The molecular formula is C21H17N5O3. The molecule has 1 saturated carbocycles. The number of pyridine rings is 1. The number of benzene rings is 1. The normalized spacial score (nSPS) is 22.1. The Morgan fingerprint density at radius 3 is 2.86 bits per heavy atom. The van der Waals surface area contributed by atoms with Crippen molar-refractivity contribution in [2.45, 2.75) is 31.3 Å². The van der Waals surface area contributed by atoms with Gasteiger partial charge >= 0.3 is 5.69 Å². The number of aromatic nitrogens is 3. The number of hydrogen-bond donors (Lipinski definition) is 1. The van der Waals surface area contributed by atoms with Crippen LogP contribution in [-0.4, -0.2) is 36.6 Å². The number of imidazole rings is 1. The second-order valence-electron chi connectivity index (χ2n) is 8.01. The Morgan fingerprint density at radius 2 is 2.10 bits per heavy atom. The van der Waals surface area contributed by atoms with Gasteiger partial charge in [0, 0.05) is 24.0 Å². The van der Waals surface area contributed by atoms with Gasteiger partial charge in [-0.3, -0.25) is 14.3 Å². The number of nitriles is 1. The molecule has 0 unspecified atom stereocenters. The van der Waals surface area contributed by atoms with E-state index in [1.807, 2.05) is 4.90 Å². The second kappa shape index (κ2) is 5.47. The summed E-state index contributed by atoms with van der Waals surface area (Å²) in [6.07, 6.45) is 4.12. The average Bonchev–Trinajstić information content (AvgIpc) is 3.33. The number of likely N-dealkylation sites (tertiary alicyclic amines) is 1. The van der Waals surface area contributed by atoms with Crippen LogP contribution in [0.15, 0.2) is 35.3 Å². The maximum absolute atomic E-state index is 13.3. The number of rotatable bonds is 2. The third kappa shape index (κ3) is 2.04. The van der Waals surface area contributed by atoms with Gasteiger partial charge in [0.25, 0.3) is 0 Å². The van der Waals surface area contributed by atoms with Gasteiger partial charge in [-0.2, -0.15) is 5.26 Å². The summed E-state index contributed by atoms with van der Waals surface area (Å²) in [6.45, 7) is 0.520. The van der Waals surface area contributed by atoms with Crippen LogP contribution in [0.5, 0.6) is 5.88 Å². The van der Waals surface area contributed by atoms with E-state index < -0.39 is 0 Å². The van der Waals surface area contributed by atoms with E-state index in [4.69, 9.17) is 0 Å². The monoisotopic (exact) mass is 387 g/mol. The van der Waals surface area contributed by atoms with Gasteiger partial charge in [0.05, 0.1) is 28.9 Å².